The van der Waals surface area contributed by atoms with Crippen LogP contribution in [-0.4, -0.2) is 49.8 Å². The predicted octanol–water partition coefficient (Wildman–Crippen LogP) is 4.72. The van der Waals surface area contributed by atoms with E-state index >= 15 is 0 Å². The molecule has 1 heterocycles. The molecule has 5 nitrogen and oxygen atoms in total. The van der Waals surface area contributed by atoms with Crippen molar-refractivity contribution < 1.29 is 14.3 Å². The van der Waals surface area contributed by atoms with E-state index in [-0.39, 0.29) is 5.91 Å². The summed E-state index contributed by atoms with van der Waals surface area (Å²) < 4.78 is 11.4. The Hall–Kier alpha value is -1.59. The maximum Gasteiger partial charge on any atom is 0.256 e. The Balaban J connectivity index is 1.78. The van der Waals surface area contributed by atoms with Gasteiger partial charge in [-0.3, -0.25) is 9.69 Å². The summed E-state index contributed by atoms with van der Waals surface area (Å²) in [5.41, 5.74) is -0.0309. The number of benzene rings is 1. The minimum absolute atomic E-state index is 0.0982. The van der Waals surface area contributed by atoms with Gasteiger partial charge in [-0.15, -0.1) is 0 Å². The van der Waals surface area contributed by atoms with Crippen LogP contribution in [-0.2, 0) is 9.53 Å². The number of anilines is 1. The average Bonchev–Trinajstić information content (AvgIpc) is 2.69. The average molecular weight is 391 g/mol. The van der Waals surface area contributed by atoms with Crippen molar-refractivity contribution in [2.45, 2.75) is 64.9 Å². The van der Waals surface area contributed by atoms with Crippen LogP contribution in [0.5, 0.6) is 5.75 Å². The molecule has 0 aromatic heterocycles. The molecular formula is C23H38N2O3. The zero-order valence-electron chi connectivity index (χ0n) is 18.1. The van der Waals surface area contributed by atoms with Crippen molar-refractivity contribution in [2.75, 3.05) is 38.7 Å². The fourth-order valence-corrected chi connectivity index (χ4v) is 3.70. The molecule has 0 saturated carbocycles. The van der Waals surface area contributed by atoms with Gasteiger partial charge in [0.2, 0.25) is 0 Å². The van der Waals surface area contributed by atoms with E-state index in [4.69, 9.17) is 9.47 Å². The number of ether oxygens (including phenoxy) is 2. The van der Waals surface area contributed by atoms with E-state index in [0.29, 0.717) is 6.61 Å². The minimum Gasteiger partial charge on any atom is -0.492 e. The number of rotatable bonds is 11. The van der Waals surface area contributed by atoms with Gasteiger partial charge in [0, 0.05) is 25.9 Å². The molecule has 0 aliphatic carbocycles. The maximum absolute atomic E-state index is 12.6. The van der Waals surface area contributed by atoms with E-state index in [1.165, 1.54) is 25.9 Å². The summed E-state index contributed by atoms with van der Waals surface area (Å²) in [6, 6.07) is 7.60. The lowest BCUT2D eigenvalue weighted by atomic mass is 9.97. The van der Waals surface area contributed by atoms with Crippen molar-refractivity contribution in [2.24, 2.45) is 5.92 Å². The Morgan fingerprint density at radius 1 is 1.29 bits per heavy atom. The van der Waals surface area contributed by atoms with E-state index in [2.05, 4.69) is 24.1 Å². The first-order valence-electron chi connectivity index (χ1n) is 10.8. The first kappa shape index (κ1) is 22.7. The lowest BCUT2D eigenvalue weighted by molar-refractivity contribution is -0.136. The van der Waals surface area contributed by atoms with Crippen LogP contribution in [0.2, 0.25) is 0 Å². The molecule has 2 atom stereocenters. The Kier molecular flexibility index (Phi) is 9.26. The summed E-state index contributed by atoms with van der Waals surface area (Å²) in [7, 11) is 1.60. The Morgan fingerprint density at radius 3 is 2.68 bits per heavy atom. The van der Waals surface area contributed by atoms with Crippen LogP contribution < -0.4 is 10.1 Å². The second-order valence-electron chi connectivity index (χ2n) is 8.27. The normalized spacial score (nSPS) is 19.8. The number of carbonyl (C=O) groups excluding carboxylic acids is 1. The number of amides is 1. The van der Waals surface area contributed by atoms with Crippen LogP contribution in [0.15, 0.2) is 24.3 Å². The van der Waals surface area contributed by atoms with Crippen molar-refractivity contribution in [1.82, 2.24) is 4.90 Å². The lowest BCUT2D eigenvalue weighted by Gasteiger charge is -2.30. The van der Waals surface area contributed by atoms with Gasteiger partial charge in [0.05, 0.1) is 0 Å². The molecule has 0 bridgehead atoms. The van der Waals surface area contributed by atoms with Crippen molar-refractivity contribution >= 4 is 11.6 Å². The van der Waals surface area contributed by atoms with E-state index in [9.17, 15) is 4.79 Å². The standard InChI is InChI=1S/C23H38N2O3/c1-5-6-7-14-23(3,27-4)22(26)24-20-10-12-21(13-11-20)28-17-16-25-15-8-9-19(2)18-25/h10-13,19H,5-9,14-18H2,1-4H3,(H,24,26)/t19-,23-/m0/s1. The van der Waals surface area contributed by atoms with E-state index < -0.39 is 5.60 Å². The van der Waals surface area contributed by atoms with Gasteiger partial charge in [-0.2, -0.15) is 0 Å². The third kappa shape index (κ3) is 7.10. The van der Waals surface area contributed by atoms with E-state index in [1.807, 2.05) is 31.2 Å². The summed E-state index contributed by atoms with van der Waals surface area (Å²) in [5.74, 6) is 1.52. The zero-order valence-corrected chi connectivity index (χ0v) is 18.1. The highest BCUT2D eigenvalue weighted by molar-refractivity contribution is 5.97. The number of unbranched alkanes of at least 4 members (excludes halogenated alkanes) is 2. The van der Waals surface area contributed by atoms with Gasteiger partial charge in [-0.05, 0) is 62.9 Å². The number of hydrogen-bond acceptors (Lipinski definition) is 4. The molecule has 1 aromatic carbocycles. The van der Waals surface area contributed by atoms with E-state index in [1.54, 1.807) is 7.11 Å². The molecule has 28 heavy (non-hydrogen) atoms. The van der Waals surface area contributed by atoms with Gasteiger partial charge < -0.3 is 14.8 Å². The monoisotopic (exact) mass is 390 g/mol. The lowest BCUT2D eigenvalue weighted by Crippen LogP contribution is -2.41. The highest BCUT2D eigenvalue weighted by atomic mass is 16.5. The quantitative estimate of drug-likeness (QED) is 0.556. The van der Waals surface area contributed by atoms with Gasteiger partial charge in [0.25, 0.3) is 5.91 Å². The SMILES string of the molecule is CCCCC[C@](C)(OC)C(=O)Nc1ccc(OCCN2CCC[C@H](C)C2)cc1. The molecule has 1 aliphatic rings. The molecule has 0 spiro atoms. The van der Waals surface area contributed by atoms with Gasteiger partial charge in [-0.25, -0.2) is 0 Å². The second kappa shape index (κ2) is 11.4. The maximum atomic E-state index is 12.6. The largest absolute Gasteiger partial charge is 0.492 e. The van der Waals surface area contributed by atoms with E-state index in [0.717, 1.165) is 49.6 Å². The van der Waals surface area contributed by atoms with Crippen LogP contribution in [0.25, 0.3) is 0 Å². The molecule has 1 amide bonds. The molecule has 5 heteroatoms. The molecule has 0 radical (unpaired) electrons. The van der Waals surface area contributed by atoms with Gasteiger partial charge in [-0.1, -0.05) is 33.1 Å². The summed E-state index contributed by atoms with van der Waals surface area (Å²) >= 11 is 0. The van der Waals surface area contributed by atoms with Gasteiger partial charge in [0.15, 0.2) is 0 Å². The number of carbonyl (C=O) groups is 1. The van der Waals surface area contributed by atoms with Gasteiger partial charge >= 0.3 is 0 Å². The third-order valence-electron chi connectivity index (χ3n) is 5.72. The molecule has 158 valence electrons. The number of piperidine rings is 1. The fourth-order valence-electron chi connectivity index (χ4n) is 3.70. The molecule has 0 unspecified atom stereocenters. The summed E-state index contributed by atoms with van der Waals surface area (Å²) in [5, 5.41) is 2.97. The Bertz CT molecular complexity index is 590. The molecule has 1 fully saturated rings. The Labute approximate surface area is 170 Å². The number of likely N-dealkylation sites (tertiary alicyclic amines) is 1. The predicted molar refractivity (Wildman–Crippen MR) is 115 cm³/mol. The van der Waals surface area contributed by atoms with Crippen molar-refractivity contribution in [1.29, 1.82) is 0 Å². The van der Waals surface area contributed by atoms with Crippen LogP contribution in [0, 0.1) is 5.92 Å². The van der Waals surface area contributed by atoms with Crippen molar-refractivity contribution in [3.63, 3.8) is 0 Å². The molecule has 1 saturated heterocycles. The minimum atomic E-state index is -0.796. The molecule has 1 N–H and O–H groups in total. The fraction of sp³-hybridized carbons (Fsp3) is 0.696. The van der Waals surface area contributed by atoms with Crippen molar-refractivity contribution in [3.8, 4) is 5.75 Å². The smallest absolute Gasteiger partial charge is 0.256 e. The Morgan fingerprint density at radius 2 is 2.04 bits per heavy atom. The van der Waals surface area contributed by atoms with Crippen LogP contribution in [0.1, 0.15) is 59.3 Å². The van der Waals surface area contributed by atoms with Crippen molar-refractivity contribution in [3.05, 3.63) is 24.3 Å². The first-order chi connectivity index (χ1) is 13.5. The summed E-state index contributed by atoms with van der Waals surface area (Å²) in [6.07, 6.45) is 6.56. The second-order valence-corrected chi connectivity index (χ2v) is 8.27. The van der Waals surface area contributed by atoms with Crippen LogP contribution in [0.4, 0.5) is 5.69 Å². The number of nitrogens with zero attached hydrogens (tertiary/aromatic N) is 1. The van der Waals surface area contributed by atoms with Gasteiger partial charge in [0.1, 0.15) is 18.0 Å². The molecule has 2 rings (SSSR count). The van der Waals surface area contributed by atoms with Crippen LogP contribution >= 0.6 is 0 Å². The first-order valence-corrected chi connectivity index (χ1v) is 10.8. The number of methoxy groups -OCH3 is 1. The zero-order chi connectivity index (χ0) is 20.4. The highest BCUT2D eigenvalue weighted by Gasteiger charge is 2.32. The van der Waals surface area contributed by atoms with Crippen LogP contribution in [0.3, 0.4) is 0 Å². The topological polar surface area (TPSA) is 50.8 Å². The number of nitrogens with one attached hydrogen (secondary N) is 1. The summed E-state index contributed by atoms with van der Waals surface area (Å²) in [4.78, 5) is 15.1. The molecule has 1 aliphatic heterocycles. The summed E-state index contributed by atoms with van der Waals surface area (Å²) in [6.45, 7) is 10.3. The third-order valence-corrected chi connectivity index (χ3v) is 5.72. The number of hydrogen-bond donors (Lipinski definition) is 1. The molecule has 1 aromatic rings. The highest BCUT2D eigenvalue weighted by Crippen LogP contribution is 2.23. The molecular weight excluding hydrogens is 352 g/mol.